The summed E-state index contributed by atoms with van der Waals surface area (Å²) < 4.78 is 13.4. The van der Waals surface area contributed by atoms with Gasteiger partial charge in [0, 0.05) is 17.5 Å². The number of aryl methyl sites for hydroxylation is 2. The van der Waals surface area contributed by atoms with Gasteiger partial charge in [-0.25, -0.2) is 4.39 Å². The number of nitrogens with zero attached hydrogens (tertiary/aromatic N) is 2. The predicted octanol–water partition coefficient (Wildman–Crippen LogP) is 3.97. The van der Waals surface area contributed by atoms with Crippen molar-refractivity contribution in [1.29, 1.82) is 0 Å². The fourth-order valence-corrected chi connectivity index (χ4v) is 2.90. The van der Waals surface area contributed by atoms with Crippen molar-refractivity contribution in [1.82, 2.24) is 15.5 Å². The lowest BCUT2D eigenvalue weighted by Gasteiger charge is -2.20. The smallest absolute Gasteiger partial charge is 0.147 e. The molecule has 1 aromatic heterocycles. The van der Waals surface area contributed by atoms with E-state index in [0.29, 0.717) is 0 Å². The van der Waals surface area contributed by atoms with E-state index >= 15 is 0 Å². The molecule has 0 atom stereocenters. The van der Waals surface area contributed by atoms with Gasteiger partial charge in [-0.1, -0.05) is 11.3 Å². The molecule has 5 heteroatoms. The Morgan fingerprint density at radius 1 is 1.19 bits per heavy atom. The molecular weight excluding hydrogens is 285 g/mol. The van der Waals surface area contributed by atoms with Gasteiger partial charge in [0.15, 0.2) is 0 Å². The Labute approximate surface area is 129 Å². The second-order valence-corrected chi connectivity index (χ2v) is 7.36. The van der Waals surface area contributed by atoms with E-state index in [1.165, 1.54) is 12.1 Å². The minimum atomic E-state index is -0.226. The fraction of sp³-hybridized carbons (Fsp3) is 0.500. The van der Waals surface area contributed by atoms with Gasteiger partial charge in [0.05, 0.1) is 0 Å². The lowest BCUT2D eigenvalue weighted by molar-refractivity contribution is 0.422. The zero-order valence-electron chi connectivity index (χ0n) is 13.0. The van der Waals surface area contributed by atoms with Gasteiger partial charge in [0.25, 0.3) is 0 Å². The maximum absolute atomic E-state index is 13.4. The van der Waals surface area contributed by atoms with Crippen LogP contribution in [0.15, 0.2) is 18.2 Å². The third kappa shape index (κ3) is 5.17. The highest BCUT2D eigenvalue weighted by atomic mass is 32.1. The van der Waals surface area contributed by atoms with Crippen LogP contribution in [-0.4, -0.2) is 22.3 Å². The number of hydrogen-bond donors (Lipinski definition) is 1. The highest BCUT2D eigenvalue weighted by molar-refractivity contribution is 7.14. The summed E-state index contributed by atoms with van der Waals surface area (Å²) in [5.41, 5.74) is 1.85. The molecule has 2 aromatic rings. The average molecular weight is 307 g/mol. The van der Waals surface area contributed by atoms with Crippen LogP contribution in [0, 0.1) is 12.7 Å². The minimum Gasteiger partial charge on any atom is -0.312 e. The third-order valence-electron chi connectivity index (χ3n) is 2.98. The standard InChI is InChI=1S/C16H22FN3S/c1-11-8-12(10-13(17)9-11)15-20-19-14(21-15)6-5-7-18-16(2,3)4/h8-10,18H,5-7H2,1-4H3. The maximum atomic E-state index is 13.4. The molecule has 0 aliphatic heterocycles. The lowest BCUT2D eigenvalue weighted by Crippen LogP contribution is -2.36. The topological polar surface area (TPSA) is 37.8 Å². The van der Waals surface area contributed by atoms with E-state index in [1.54, 1.807) is 11.3 Å². The monoisotopic (exact) mass is 307 g/mol. The summed E-state index contributed by atoms with van der Waals surface area (Å²) in [6, 6.07) is 4.97. The van der Waals surface area contributed by atoms with E-state index in [4.69, 9.17) is 0 Å². The van der Waals surface area contributed by atoms with Crippen LogP contribution in [-0.2, 0) is 6.42 Å². The fourth-order valence-electron chi connectivity index (χ4n) is 2.03. The first kappa shape index (κ1) is 16.0. The van der Waals surface area contributed by atoms with Crippen molar-refractivity contribution < 1.29 is 4.39 Å². The summed E-state index contributed by atoms with van der Waals surface area (Å²) in [4.78, 5) is 0. The summed E-state index contributed by atoms with van der Waals surface area (Å²) in [6.07, 6.45) is 1.92. The molecule has 0 aliphatic carbocycles. The molecule has 0 aliphatic rings. The first-order valence-electron chi connectivity index (χ1n) is 7.18. The normalized spacial score (nSPS) is 11.9. The average Bonchev–Trinajstić information content (AvgIpc) is 2.81. The predicted molar refractivity (Wildman–Crippen MR) is 86.1 cm³/mol. The largest absolute Gasteiger partial charge is 0.312 e. The SMILES string of the molecule is Cc1cc(F)cc(-c2nnc(CCCNC(C)(C)C)s2)c1. The van der Waals surface area contributed by atoms with E-state index in [2.05, 4.69) is 36.3 Å². The van der Waals surface area contributed by atoms with E-state index in [0.717, 1.165) is 40.5 Å². The van der Waals surface area contributed by atoms with Crippen LogP contribution < -0.4 is 5.32 Å². The Morgan fingerprint density at radius 3 is 2.62 bits per heavy atom. The molecule has 21 heavy (non-hydrogen) atoms. The van der Waals surface area contributed by atoms with Crippen LogP contribution in [0.25, 0.3) is 10.6 Å². The molecule has 0 unspecified atom stereocenters. The van der Waals surface area contributed by atoms with E-state index in [1.807, 2.05) is 13.0 Å². The van der Waals surface area contributed by atoms with Gasteiger partial charge in [-0.3, -0.25) is 0 Å². The molecule has 0 amide bonds. The zero-order chi connectivity index (χ0) is 15.5. The second kappa shape index (κ2) is 6.62. The number of benzene rings is 1. The van der Waals surface area contributed by atoms with Gasteiger partial charge >= 0.3 is 0 Å². The van der Waals surface area contributed by atoms with Crippen molar-refractivity contribution >= 4 is 11.3 Å². The second-order valence-electron chi connectivity index (χ2n) is 6.30. The van der Waals surface area contributed by atoms with E-state index in [9.17, 15) is 4.39 Å². The third-order valence-corrected chi connectivity index (χ3v) is 4.01. The van der Waals surface area contributed by atoms with Gasteiger partial charge in [0.2, 0.25) is 0 Å². The molecule has 0 saturated heterocycles. The van der Waals surface area contributed by atoms with Crippen molar-refractivity contribution in [2.24, 2.45) is 0 Å². The highest BCUT2D eigenvalue weighted by Gasteiger charge is 2.10. The Hall–Kier alpha value is -1.33. The number of hydrogen-bond acceptors (Lipinski definition) is 4. The summed E-state index contributed by atoms with van der Waals surface area (Å²) in [5, 5.41) is 13.6. The maximum Gasteiger partial charge on any atom is 0.147 e. The van der Waals surface area contributed by atoms with Crippen LogP contribution in [0.4, 0.5) is 4.39 Å². The van der Waals surface area contributed by atoms with Crippen molar-refractivity contribution in [2.45, 2.75) is 46.1 Å². The van der Waals surface area contributed by atoms with E-state index < -0.39 is 0 Å². The van der Waals surface area contributed by atoms with Crippen molar-refractivity contribution in [3.8, 4) is 10.6 Å². The summed E-state index contributed by atoms with van der Waals surface area (Å²) in [5.74, 6) is -0.226. The van der Waals surface area contributed by atoms with Gasteiger partial charge in [-0.2, -0.15) is 0 Å². The molecule has 1 N–H and O–H groups in total. The van der Waals surface area contributed by atoms with Gasteiger partial charge in [-0.15, -0.1) is 10.2 Å². The number of rotatable bonds is 5. The molecule has 0 fully saturated rings. The van der Waals surface area contributed by atoms with Crippen LogP contribution in [0.3, 0.4) is 0 Å². The van der Waals surface area contributed by atoms with Gasteiger partial charge in [0.1, 0.15) is 15.8 Å². The van der Waals surface area contributed by atoms with Crippen molar-refractivity contribution in [2.75, 3.05) is 6.54 Å². The Bertz CT molecular complexity index is 582. The van der Waals surface area contributed by atoms with Crippen molar-refractivity contribution in [3.63, 3.8) is 0 Å². The summed E-state index contributed by atoms with van der Waals surface area (Å²) in [6.45, 7) is 9.30. The van der Waals surface area contributed by atoms with E-state index in [-0.39, 0.29) is 11.4 Å². The first-order chi connectivity index (χ1) is 9.83. The molecule has 0 saturated carbocycles. The molecule has 0 radical (unpaired) electrons. The molecule has 114 valence electrons. The highest BCUT2D eigenvalue weighted by Crippen LogP contribution is 2.25. The minimum absolute atomic E-state index is 0.144. The van der Waals surface area contributed by atoms with Crippen molar-refractivity contribution in [3.05, 3.63) is 34.6 Å². The molecule has 2 rings (SSSR count). The van der Waals surface area contributed by atoms with Crippen LogP contribution in [0.2, 0.25) is 0 Å². The molecular formula is C16H22FN3S. The Balaban J connectivity index is 1.95. The first-order valence-corrected chi connectivity index (χ1v) is 8.00. The van der Waals surface area contributed by atoms with Crippen LogP contribution in [0.1, 0.15) is 37.8 Å². The molecule has 3 nitrogen and oxygen atoms in total. The Morgan fingerprint density at radius 2 is 1.95 bits per heavy atom. The van der Waals surface area contributed by atoms with Crippen LogP contribution >= 0.6 is 11.3 Å². The number of nitrogens with one attached hydrogen (secondary N) is 1. The zero-order valence-corrected chi connectivity index (χ0v) is 13.9. The molecule has 1 heterocycles. The summed E-state index contributed by atoms with van der Waals surface area (Å²) >= 11 is 1.54. The van der Waals surface area contributed by atoms with Gasteiger partial charge < -0.3 is 5.32 Å². The molecule has 1 aromatic carbocycles. The molecule has 0 spiro atoms. The quantitative estimate of drug-likeness (QED) is 0.849. The van der Waals surface area contributed by atoms with Gasteiger partial charge in [-0.05, 0) is 64.4 Å². The Kier molecular flexibility index (Phi) is 5.06. The summed E-state index contributed by atoms with van der Waals surface area (Å²) in [7, 11) is 0. The number of aromatic nitrogens is 2. The van der Waals surface area contributed by atoms with Crippen LogP contribution in [0.5, 0.6) is 0 Å². The lowest BCUT2D eigenvalue weighted by atomic mass is 10.1. The number of halogens is 1. The molecule has 0 bridgehead atoms.